The van der Waals surface area contributed by atoms with Gasteiger partial charge in [-0.05, 0) is 13.0 Å². The number of anilines is 1. The van der Waals surface area contributed by atoms with E-state index >= 15 is 0 Å². The van der Waals surface area contributed by atoms with Gasteiger partial charge in [0, 0.05) is 29.5 Å². The van der Waals surface area contributed by atoms with E-state index in [0.717, 1.165) is 0 Å². The van der Waals surface area contributed by atoms with Crippen molar-refractivity contribution >= 4 is 11.4 Å². The van der Waals surface area contributed by atoms with Crippen molar-refractivity contribution < 1.29 is 4.92 Å². The van der Waals surface area contributed by atoms with Crippen molar-refractivity contribution in [2.45, 2.75) is 13.5 Å². The van der Waals surface area contributed by atoms with Gasteiger partial charge in [-0.15, -0.1) is 0 Å². The van der Waals surface area contributed by atoms with Gasteiger partial charge >= 0.3 is 0 Å². The number of nitrogens with zero attached hydrogens (tertiary/aromatic N) is 3. The molecule has 0 spiro atoms. The second kappa shape index (κ2) is 5.49. The summed E-state index contributed by atoms with van der Waals surface area (Å²) in [6, 6.07) is 5.61. The lowest BCUT2D eigenvalue weighted by Crippen LogP contribution is -2.21. The molecule has 0 saturated carbocycles. The quantitative estimate of drug-likeness (QED) is 0.484. The molecule has 0 radical (unpaired) electrons. The summed E-state index contributed by atoms with van der Waals surface area (Å²) < 4.78 is 1.35. The van der Waals surface area contributed by atoms with Crippen molar-refractivity contribution in [1.29, 1.82) is 0 Å². The zero-order chi connectivity index (χ0) is 14.7. The molecule has 1 heterocycles. The number of nitro benzene ring substituents is 1. The number of hydrazine groups is 1. The molecule has 0 aliphatic heterocycles. The Labute approximate surface area is 114 Å². The van der Waals surface area contributed by atoms with Crippen LogP contribution in [-0.4, -0.2) is 14.5 Å². The molecule has 1 aromatic heterocycles. The minimum absolute atomic E-state index is 0.0629. The predicted molar refractivity (Wildman–Crippen MR) is 73.2 cm³/mol. The zero-order valence-corrected chi connectivity index (χ0v) is 10.7. The maximum Gasteiger partial charge on any atom is 0.269 e. The second-order valence-electron chi connectivity index (χ2n) is 4.24. The van der Waals surface area contributed by atoms with Crippen LogP contribution in [0.15, 0.2) is 35.4 Å². The standard InChI is InChI=1S/C12H13N5O3/c1-8-4-12(18)16(7-14-8)6-9-5-10(17(19)20)2-3-11(9)15-13/h2-5,7,15H,6,13H2,1H3. The summed E-state index contributed by atoms with van der Waals surface area (Å²) >= 11 is 0. The van der Waals surface area contributed by atoms with Crippen LogP contribution in [-0.2, 0) is 6.54 Å². The van der Waals surface area contributed by atoms with Crippen molar-refractivity contribution in [2.24, 2.45) is 5.84 Å². The summed E-state index contributed by atoms with van der Waals surface area (Å²) in [5.41, 5.74) is 3.83. The van der Waals surface area contributed by atoms with Gasteiger partial charge in [0.05, 0.1) is 23.5 Å². The average molecular weight is 275 g/mol. The first kappa shape index (κ1) is 13.7. The highest BCUT2D eigenvalue weighted by Crippen LogP contribution is 2.21. The SMILES string of the molecule is Cc1cc(=O)n(Cc2cc([N+](=O)[O-])ccc2NN)cn1. The number of hydrogen-bond donors (Lipinski definition) is 2. The summed E-state index contributed by atoms with van der Waals surface area (Å²) in [6.07, 6.45) is 1.40. The predicted octanol–water partition coefficient (Wildman–Crippen LogP) is 0.794. The van der Waals surface area contributed by atoms with Gasteiger partial charge in [0.2, 0.25) is 0 Å². The van der Waals surface area contributed by atoms with Gasteiger partial charge in [-0.25, -0.2) is 4.98 Å². The number of aryl methyl sites for hydroxylation is 1. The molecule has 104 valence electrons. The molecule has 8 nitrogen and oxygen atoms in total. The van der Waals surface area contributed by atoms with Crippen LogP contribution in [0.25, 0.3) is 0 Å². The van der Waals surface area contributed by atoms with E-state index in [9.17, 15) is 14.9 Å². The van der Waals surface area contributed by atoms with Crippen LogP contribution < -0.4 is 16.8 Å². The molecule has 0 fully saturated rings. The Hall–Kier alpha value is -2.74. The zero-order valence-electron chi connectivity index (χ0n) is 10.7. The Kier molecular flexibility index (Phi) is 3.76. The van der Waals surface area contributed by atoms with Crippen molar-refractivity contribution in [2.75, 3.05) is 5.43 Å². The smallest absolute Gasteiger partial charge is 0.269 e. The Morgan fingerprint density at radius 3 is 2.80 bits per heavy atom. The number of nitrogen functional groups attached to an aromatic ring is 1. The number of hydrogen-bond acceptors (Lipinski definition) is 6. The van der Waals surface area contributed by atoms with Crippen LogP contribution in [0, 0.1) is 17.0 Å². The Morgan fingerprint density at radius 1 is 1.45 bits per heavy atom. The van der Waals surface area contributed by atoms with Crippen molar-refractivity contribution in [3.8, 4) is 0 Å². The number of benzene rings is 1. The van der Waals surface area contributed by atoms with Crippen molar-refractivity contribution in [3.05, 3.63) is 62.3 Å². The molecular weight excluding hydrogens is 262 g/mol. The first-order valence-corrected chi connectivity index (χ1v) is 5.78. The molecule has 0 bridgehead atoms. The van der Waals surface area contributed by atoms with E-state index in [-0.39, 0.29) is 17.8 Å². The lowest BCUT2D eigenvalue weighted by Gasteiger charge is -2.10. The van der Waals surface area contributed by atoms with E-state index in [2.05, 4.69) is 10.4 Å². The number of aromatic nitrogens is 2. The lowest BCUT2D eigenvalue weighted by atomic mass is 10.1. The molecule has 0 aliphatic rings. The van der Waals surface area contributed by atoms with E-state index in [4.69, 9.17) is 5.84 Å². The van der Waals surface area contributed by atoms with Crippen LogP contribution in [0.5, 0.6) is 0 Å². The summed E-state index contributed by atoms with van der Waals surface area (Å²) in [6.45, 7) is 1.86. The van der Waals surface area contributed by atoms with Gasteiger partial charge in [-0.3, -0.25) is 25.3 Å². The van der Waals surface area contributed by atoms with Crippen LogP contribution in [0.4, 0.5) is 11.4 Å². The van der Waals surface area contributed by atoms with Gasteiger partial charge < -0.3 is 5.43 Å². The van der Waals surface area contributed by atoms with E-state index in [1.165, 1.54) is 35.2 Å². The summed E-state index contributed by atoms with van der Waals surface area (Å²) in [7, 11) is 0. The molecule has 20 heavy (non-hydrogen) atoms. The van der Waals surface area contributed by atoms with Crippen LogP contribution in [0.1, 0.15) is 11.3 Å². The molecule has 2 aromatic rings. The molecule has 0 unspecified atom stereocenters. The van der Waals surface area contributed by atoms with Crippen LogP contribution in [0.2, 0.25) is 0 Å². The van der Waals surface area contributed by atoms with Gasteiger partial charge in [-0.2, -0.15) is 0 Å². The first-order chi connectivity index (χ1) is 9.51. The molecule has 3 N–H and O–H groups in total. The number of non-ortho nitro benzene ring substituents is 1. The normalized spacial score (nSPS) is 10.3. The lowest BCUT2D eigenvalue weighted by molar-refractivity contribution is -0.384. The second-order valence-corrected chi connectivity index (χ2v) is 4.24. The maximum atomic E-state index is 11.8. The van der Waals surface area contributed by atoms with Gasteiger partial charge in [0.1, 0.15) is 0 Å². The summed E-state index contributed by atoms with van der Waals surface area (Å²) in [5, 5.41) is 10.8. The largest absolute Gasteiger partial charge is 0.324 e. The number of nitro groups is 1. The highest BCUT2D eigenvalue weighted by atomic mass is 16.6. The molecule has 8 heteroatoms. The average Bonchev–Trinajstić information content (AvgIpc) is 2.41. The highest BCUT2D eigenvalue weighted by Gasteiger charge is 2.11. The number of nitrogens with two attached hydrogens (primary N) is 1. The van der Waals surface area contributed by atoms with Crippen molar-refractivity contribution in [3.63, 3.8) is 0 Å². The molecule has 1 aromatic carbocycles. The van der Waals surface area contributed by atoms with Gasteiger partial charge in [-0.1, -0.05) is 0 Å². The third kappa shape index (κ3) is 2.81. The van der Waals surface area contributed by atoms with Crippen LogP contribution >= 0.6 is 0 Å². The molecule has 0 saturated heterocycles. The van der Waals surface area contributed by atoms with E-state index in [1.807, 2.05) is 0 Å². The monoisotopic (exact) mass is 275 g/mol. The van der Waals surface area contributed by atoms with Crippen LogP contribution in [0.3, 0.4) is 0 Å². The number of rotatable bonds is 4. The highest BCUT2D eigenvalue weighted by molar-refractivity contribution is 5.55. The van der Waals surface area contributed by atoms with E-state index in [0.29, 0.717) is 16.9 Å². The fraction of sp³-hybridized carbons (Fsp3) is 0.167. The fourth-order valence-corrected chi connectivity index (χ4v) is 1.78. The maximum absolute atomic E-state index is 11.8. The fourth-order valence-electron chi connectivity index (χ4n) is 1.78. The molecule has 2 rings (SSSR count). The Bertz CT molecular complexity index is 710. The van der Waals surface area contributed by atoms with E-state index in [1.54, 1.807) is 6.92 Å². The van der Waals surface area contributed by atoms with Crippen molar-refractivity contribution in [1.82, 2.24) is 9.55 Å². The molecular formula is C12H13N5O3. The number of nitrogens with one attached hydrogen (secondary N) is 1. The summed E-state index contributed by atoms with van der Waals surface area (Å²) in [4.78, 5) is 26.1. The minimum atomic E-state index is -0.500. The Balaban J connectivity index is 2.43. The molecule has 0 amide bonds. The molecule has 0 atom stereocenters. The topological polar surface area (TPSA) is 116 Å². The first-order valence-electron chi connectivity index (χ1n) is 5.78. The van der Waals surface area contributed by atoms with E-state index < -0.39 is 4.92 Å². The third-order valence-corrected chi connectivity index (χ3v) is 2.81. The summed E-state index contributed by atoms with van der Waals surface area (Å²) in [5.74, 6) is 5.37. The Morgan fingerprint density at radius 2 is 2.20 bits per heavy atom. The molecule has 0 aliphatic carbocycles. The minimum Gasteiger partial charge on any atom is -0.324 e. The van der Waals surface area contributed by atoms with Gasteiger partial charge in [0.15, 0.2) is 0 Å². The van der Waals surface area contributed by atoms with Gasteiger partial charge in [0.25, 0.3) is 11.2 Å². The third-order valence-electron chi connectivity index (χ3n) is 2.81.